The summed E-state index contributed by atoms with van der Waals surface area (Å²) in [5, 5.41) is 0.0198. The number of sulfonamides is 2. The number of nitrogens with two attached hydrogens (primary N) is 1. The molecular formula is C10H17ClN4O4S2. The van der Waals surface area contributed by atoms with Crippen LogP contribution in [0.3, 0.4) is 0 Å². The molecule has 0 saturated carbocycles. The van der Waals surface area contributed by atoms with E-state index in [0.29, 0.717) is 0 Å². The lowest BCUT2D eigenvalue weighted by Crippen LogP contribution is -2.50. The molecule has 1 aromatic heterocycles. The zero-order valence-corrected chi connectivity index (χ0v) is 14.1. The third-order valence-electron chi connectivity index (χ3n) is 2.32. The quantitative estimate of drug-likeness (QED) is 0.653. The summed E-state index contributed by atoms with van der Waals surface area (Å²) in [4.78, 5) is 3.51. The fourth-order valence-corrected chi connectivity index (χ4v) is 3.96. The van der Waals surface area contributed by atoms with Gasteiger partial charge in [0.25, 0.3) is 0 Å². The van der Waals surface area contributed by atoms with Crippen molar-refractivity contribution in [1.82, 2.24) is 14.4 Å². The van der Waals surface area contributed by atoms with Crippen molar-refractivity contribution >= 4 is 37.5 Å². The van der Waals surface area contributed by atoms with E-state index in [1.54, 1.807) is 13.8 Å². The van der Waals surface area contributed by atoms with E-state index in [0.717, 1.165) is 12.5 Å². The minimum atomic E-state index is -3.88. The van der Waals surface area contributed by atoms with E-state index >= 15 is 0 Å². The SMILES string of the molecule is CC(C)(CNS(=O)(=O)c1cnc(N)c(Cl)c1)NS(C)(=O)=O. The molecule has 0 bridgehead atoms. The number of nitrogens with zero attached hydrogens (tertiary/aromatic N) is 1. The maximum atomic E-state index is 12.1. The summed E-state index contributed by atoms with van der Waals surface area (Å²) in [6.45, 7) is 2.94. The van der Waals surface area contributed by atoms with Crippen LogP contribution in [-0.4, -0.2) is 40.2 Å². The Hall–Kier alpha value is -0.940. The predicted molar refractivity (Wildman–Crippen MR) is 80.9 cm³/mol. The maximum Gasteiger partial charge on any atom is 0.242 e. The fourth-order valence-electron chi connectivity index (χ4n) is 1.47. The molecule has 0 aliphatic rings. The number of halogens is 1. The normalized spacial score (nSPS) is 13.3. The summed E-state index contributed by atoms with van der Waals surface area (Å²) in [6, 6.07) is 1.17. The molecule has 4 N–H and O–H groups in total. The van der Waals surface area contributed by atoms with E-state index in [1.807, 2.05) is 0 Å². The Morgan fingerprint density at radius 2 is 1.90 bits per heavy atom. The Labute approximate surface area is 129 Å². The first kappa shape index (κ1) is 18.1. The molecule has 0 aliphatic carbocycles. The van der Waals surface area contributed by atoms with Gasteiger partial charge in [-0.15, -0.1) is 0 Å². The van der Waals surface area contributed by atoms with Crippen molar-refractivity contribution in [2.24, 2.45) is 0 Å². The van der Waals surface area contributed by atoms with Crippen LogP contribution < -0.4 is 15.2 Å². The van der Waals surface area contributed by atoms with Crippen molar-refractivity contribution < 1.29 is 16.8 Å². The second-order valence-corrected chi connectivity index (χ2v) is 9.04. The lowest BCUT2D eigenvalue weighted by atomic mass is 10.1. The van der Waals surface area contributed by atoms with E-state index < -0.39 is 25.6 Å². The average Bonchev–Trinajstić information content (AvgIpc) is 2.27. The van der Waals surface area contributed by atoms with E-state index in [1.165, 1.54) is 6.07 Å². The van der Waals surface area contributed by atoms with Gasteiger partial charge in [0.15, 0.2) is 0 Å². The second-order valence-electron chi connectivity index (χ2n) is 5.12. The predicted octanol–water partition coefficient (Wildman–Crippen LogP) is -0.0767. The molecule has 0 unspecified atom stereocenters. The van der Waals surface area contributed by atoms with Gasteiger partial charge < -0.3 is 5.73 Å². The molecule has 0 fully saturated rings. The van der Waals surface area contributed by atoms with Crippen LogP contribution in [0.5, 0.6) is 0 Å². The van der Waals surface area contributed by atoms with Crippen molar-refractivity contribution in [2.75, 3.05) is 18.5 Å². The van der Waals surface area contributed by atoms with Crippen molar-refractivity contribution in [2.45, 2.75) is 24.3 Å². The van der Waals surface area contributed by atoms with Crippen LogP contribution in [-0.2, 0) is 20.0 Å². The zero-order valence-electron chi connectivity index (χ0n) is 11.7. The van der Waals surface area contributed by atoms with Crippen LogP contribution in [0.1, 0.15) is 13.8 Å². The van der Waals surface area contributed by atoms with Crippen molar-refractivity contribution in [3.05, 3.63) is 17.3 Å². The molecule has 0 radical (unpaired) electrons. The molecule has 1 aromatic rings. The van der Waals surface area contributed by atoms with Crippen LogP contribution in [0.2, 0.25) is 5.02 Å². The molecular weight excluding hydrogens is 340 g/mol. The average molecular weight is 357 g/mol. The minimum Gasteiger partial charge on any atom is -0.382 e. The van der Waals surface area contributed by atoms with E-state index in [9.17, 15) is 16.8 Å². The first-order valence-electron chi connectivity index (χ1n) is 5.72. The van der Waals surface area contributed by atoms with Gasteiger partial charge in [0, 0.05) is 18.3 Å². The van der Waals surface area contributed by atoms with Gasteiger partial charge in [-0.3, -0.25) is 0 Å². The fraction of sp³-hybridized carbons (Fsp3) is 0.500. The van der Waals surface area contributed by atoms with Gasteiger partial charge in [-0.25, -0.2) is 31.3 Å². The van der Waals surface area contributed by atoms with Gasteiger partial charge in [0.05, 0.1) is 11.3 Å². The van der Waals surface area contributed by atoms with Crippen molar-refractivity contribution in [3.8, 4) is 0 Å². The molecule has 0 aromatic carbocycles. The highest BCUT2D eigenvalue weighted by molar-refractivity contribution is 7.89. The van der Waals surface area contributed by atoms with Crippen LogP contribution in [0.15, 0.2) is 17.2 Å². The van der Waals surface area contributed by atoms with Crippen LogP contribution >= 0.6 is 11.6 Å². The first-order chi connectivity index (χ1) is 9.32. The molecule has 0 atom stereocenters. The molecule has 1 heterocycles. The Kier molecular flexibility index (Phi) is 5.22. The van der Waals surface area contributed by atoms with Crippen LogP contribution in [0, 0.1) is 0 Å². The third-order valence-corrected chi connectivity index (χ3v) is 4.92. The van der Waals surface area contributed by atoms with Gasteiger partial charge in [-0.1, -0.05) is 11.6 Å². The first-order valence-corrected chi connectivity index (χ1v) is 9.47. The zero-order chi connectivity index (χ0) is 16.5. The number of nitrogens with one attached hydrogen (secondary N) is 2. The van der Waals surface area contributed by atoms with Gasteiger partial charge in [0.2, 0.25) is 20.0 Å². The minimum absolute atomic E-state index is 0.0198. The van der Waals surface area contributed by atoms with E-state index in [-0.39, 0.29) is 22.3 Å². The molecule has 0 aliphatic heterocycles. The lowest BCUT2D eigenvalue weighted by Gasteiger charge is -2.25. The Bertz CT molecular complexity index is 731. The van der Waals surface area contributed by atoms with Crippen LogP contribution in [0.25, 0.3) is 0 Å². The van der Waals surface area contributed by atoms with Crippen molar-refractivity contribution in [3.63, 3.8) is 0 Å². The van der Waals surface area contributed by atoms with E-state index in [4.69, 9.17) is 17.3 Å². The summed E-state index contributed by atoms with van der Waals surface area (Å²) < 4.78 is 51.2. The van der Waals surface area contributed by atoms with Crippen LogP contribution in [0.4, 0.5) is 5.82 Å². The number of aromatic nitrogens is 1. The Morgan fingerprint density at radius 1 is 1.33 bits per heavy atom. The summed E-state index contributed by atoms with van der Waals surface area (Å²) >= 11 is 5.73. The Morgan fingerprint density at radius 3 is 2.38 bits per heavy atom. The van der Waals surface area contributed by atoms with Gasteiger partial charge in [0.1, 0.15) is 10.7 Å². The topological polar surface area (TPSA) is 131 Å². The highest BCUT2D eigenvalue weighted by atomic mass is 35.5. The third kappa shape index (κ3) is 5.75. The molecule has 0 spiro atoms. The number of anilines is 1. The standard InChI is InChI=1S/C10H17ClN4O4S2/c1-10(2,15-20(3,16)17)6-14-21(18,19)7-4-8(11)9(12)13-5-7/h4-5,14-15H,6H2,1-3H3,(H2,12,13). The summed E-state index contributed by atoms with van der Waals surface area (Å²) in [5.41, 5.74) is 4.42. The highest BCUT2D eigenvalue weighted by Crippen LogP contribution is 2.19. The molecule has 0 saturated heterocycles. The van der Waals surface area contributed by atoms with Gasteiger partial charge in [-0.2, -0.15) is 0 Å². The number of hydrogen-bond donors (Lipinski definition) is 3. The molecule has 0 amide bonds. The number of hydrogen-bond acceptors (Lipinski definition) is 6. The number of pyridine rings is 1. The second kappa shape index (κ2) is 6.05. The highest BCUT2D eigenvalue weighted by Gasteiger charge is 2.25. The largest absolute Gasteiger partial charge is 0.382 e. The number of nitrogen functional groups attached to an aromatic ring is 1. The summed E-state index contributed by atoms with van der Waals surface area (Å²) in [5.74, 6) is 0.0229. The smallest absolute Gasteiger partial charge is 0.242 e. The maximum absolute atomic E-state index is 12.1. The van der Waals surface area contributed by atoms with Crippen molar-refractivity contribution in [1.29, 1.82) is 0 Å². The number of rotatable bonds is 6. The molecule has 21 heavy (non-hydrogen) atoms. The van der Waals surface area contributed by atoms with Gasteiger partial charge >= 0.3 is 0 Å². The molecule has 8 nitrogen and oxygen atoms in total. The molecule has 1 rings (SSSR count). The van der Waals surface area contributed by atoms with E-state index in [2.05, 4.69) is 14.4 Å². The van der Waals surface area contributed by atoms with Gasteiger partial charge in [-0.05, 0) is 19.9 Å². The lowest BCUT2D eigenvalue weighted by molar-refractivity contribution is 0.446. The monoisotopic (exact) mass is 356 g/mol. The summed E-state index contributed by atoms with van der Waals surface area (Å²) in [7, 11) is -7.34. The molecule has 11 heteroatoms. The summed E-state index contributed by atoms with van der Waals surface area (Å²) in [6.07, 6.45) is 2.06. The Balaban J connectivity index is 2.89. The molecule has 120 valence electrons.